The number of nitrogens with two attached hydrogens (primary N) is 1. The van der Waals surface area contributed by atoms with E-state index in [2.05, 4.69) is 25.0 Å². The SMILES string of the molecule is Nc1cc(OC(F)(F)F)ccc1C(=O)N1CCC(c2ccnc3[nH]c(NCCO)nc23)CC1. The van der Waals surface area contributed by atoms with Gasteiger partial charge < -0.3 is 30.8 Å². The van der Waals surface area contributed by atoms with Crippen LogP contribution in [0, 0.1) is 0 Å². The molecule has 0 aliphatic carbocycles. The summed E-state index contributed by atoms with van der Waals surface area (Å²) in [6.07, 6.45) is -1.75. The molecule has 0 bridgehead atoms. The van der Waals surface area contributed by atoms with Crippen LogP contribution in [0.4, 0.5) is 24.8 Å². The van der Waals surface area contributed by atoms with Crippen molar-refractivity contribution in [2.75, 3.05) is 37.3 Å². The number of pyridine rings is 1. The highest BCUT2D eigenvalue weighted by molar-refractivity contribution is 5.99. The second kappa shape index (κ2) is 9.14. The molecule has 0 unspecified atom stereocenters. The van der Waals surface area contributed by atoms with Crippen LogP contribution in [0.1, 0.15) is 34.7 Å². The number of nitrogens with one attached hydrogen (secondary N) is 2. The number of H-pyrrole nitrogens is 1. The van der Waals surface area contributed by atoms with Crippen LogP contribution < -0.4 is 15.8 Å². The average molecular weight is 464 g/mol. The highest BCUT2D eigenvalue weighted by atomic mass is 19.4. The second-order valence-corrected chi connectivity index (χ2v) is 7.70. The zero-order chi connectivity index (χ0) is 23.6. The van der Waals surface area contributed by atoms with Crippen molar-refractivity contribution in [2.45, 2.75) is 25.1 Å². The van der Waals surface area contributed by atoms with Gasteiger partial charge in [0.25, 0.3) is 5.91 Å². The molecule has 0 radical (unpaired) electrons. The molecule has 12 heteroatoms. The first-order valence-electron chi connectivity index (χ1n) is 10.4. The Balaban J connectivity index is 1.44. The first-order valence-corrected chi connectivity index (χ1v) is 10.4. The van der Waals surface area contributed by atoms with Crippen LogP contribution in [-0.2, 0) is 0 Å². The van der Waals surface area contributed by atoms with Crippen molar-refractivity contribution in [1.82, 2.24) is 19.9 Å². The first kappa shape index (κ1) is 22.6. The number of hydrogen-bond donors (Lipinski definition) is 4. The standard InChI is InChI=1S/C21H23F3N6O3/c22-21(23,24)33-13-1-2-15(16(25)11-13)19(32)30-8-4-12(5-9-30)14-3-6-26-18-17(14)28-20(29-18)27-7-10-31/h1-3,6,11-12,31H,4-5,7-10,25H2,(H2,26,27,28,29). The smallest absolute Gasteiger partial charge is 0.406 e. The highest BCUT2D eigenvalue weighted by Gasteiger charge is 2.32. The summed E-state index contributed by atoms with van der Waals surface area (Å²) in [5.41, 5.74) is 8.30. The molecule has 3 aromatic rings. The van der Waals surface area contributed by atoms with Gasteiger partial charge in [-0.3, -0.25) is 4.79 Å². The fraction of sp³-hybridized carbons (Fsp3) is 0.381. The van der Waals surface area contributed by atoms with Gasteiger partial charge in [0.15, 0.2) is 5.65 Å². The number of nitrogen functional groups attached to an aromatic ring is 1. The number of rotatable bonds is 6. The van der Waals surface area contributed by atoms with E-state index in [0.29, 0.717) is 44.1 Å². The van der Waals surface area contributed by atoms with Gasteiger partial charge in [0, 0.05) is 37.6 Å². The third-order valence-corrected chi connectivity index (χ3v) is 5.53. The summed E-state index contributed by atoms with van der Waals surface area (Å²) in [5.74, 6) is -0.114. The van der Waals surface area contributed by atoms with Crippen LogP contribution in [0.5, 0.6) is 5.75 Å². The number of hydrogen-bond acceptors (Lipinski definition) is 7. The largest absolute Gasteiger partial charge is 0.573 e. The van der Waals surface area contributed by atoms with E-state index < -0.39 is 12.1 Å². The Kier molecular flexibility index (Phi) is 6.27. The number of aromatic amines is 1. The number of imidazole rings is 1. The number of anilines is 2. The predicted octanol–water partition coefficient (Wildman–Crippen LogP) is 2.86. The Bertz CT molecular complexity index is 1140. The molecule has 1 aliphatic heterocycles. The molecule has 1 fully saturated rings. The molecule has 0 atom stereocenters. The number of fused-ring (bicyclic) bond motifs is 1. The molecule has 1 aromatic carbocycles. The minimum absolute atomic E-state index is 0.0214. The molecule has 1 amide bonds. The maximum Gasteiger partial charge on any atom is 0.573 e. The Labute approximate surface area is 186 Å². The predicted molar refractivity (Wildman–Crippen MR) is 115 cm³/mol. The number of nitrogens with zero attached hydrogens (tertiary/aromatic N) is 3. The molecule has 2 aromatic heterocycles. The highest BCUT2D eigenvalue weighted by Crippen LogP contribution is 2.33. The van der Waals surface area contributed by atoms with Crippen LogP contribution in [-0.4, -0.2) is 63.5 Å². The fourth-order valence-electron chi connectivity index (χ4n) is 4.01. The van der Waals surface area contributed by atoms with Crippen molar-refractivity contribution in [2.24, 2.45) is 0 Å². The van der Waals surface area contributed by atoms with E-state index in [1.54, 1.807) is 11.1 Å². The second-order valence-electron chi connectivity index (χ2n) is 7.70. The van der Waals surface area contributed by atoms with Gasteiger partial charge in [-0.05, 0) is 42.5 Å². The van der Waals surface area contributed by atoms with Gasteiger partial charge in [-0.25, -0.2) is 9.97 Å². The van der Waals surface area contributed by atoms with E-state index in [-0.39, 0.29) is 29.7 Å². The van der Waals surface area contributed by atoms with Crippen LogP contribution in [0.25, 0.3) is 11.2 Å². The lowest BCUT2D eigenvalue weighted by Crippen LogP contribution is -2.38. The lowest BCUT2D eigenvalue weighted by molar-refractivity contribution is -0.274. The van der Waals surface area contributed by atoms with Gasteiger partial charge in [0.05, 0.1) is 12.2 Å². The van der Waals surface area contributed by atoms with Gasteiger partial charge in [-0.1, -0.05) is 0 Å². The number of aliphatic hydroxyl groups excluding tert-OH is 1. The molecule has 1 saturated heterocycles. The number of carbonyl (C=O) groups is 1. The van der Waals surface area contributed by atoms with E-state index in [0.717, 1.165) is 23.2 Å². The van der Waals surface area contributed by atoms with Crippen LogP contribution in [0.15, 0.2) is 30.5 Å². The Hall–Kier alpha value is -3.54. The fourth-order valence-corrected chi connectivity index (χ4v) is 4.01. The van der Waals surface area contributed by atoms with Crippen molar-refractivity contribution in [3.63, 3.8) is 0 Å². The van der Waals surface area contributed by atoms with E-state index >= 15 is 0 Å². The van der Waals surface area contributed by atoms with Crippen molar-refractivity contribution in [3.8, 4) is 5.75 Å². The normalized spacial score (nSPS) is 15.1. The molecule has 9 nitrogen and oxygen atoms in total. The van der Waals surface area contributed by atoms with Gasteiger partial charge in [0.1, 0.15) is 11.3 Å². The molecule has 33 heavy (non-hydrogen) atoms. The number of aliphatic hydroxyl groups is 1. The molecule has 176 valence electrons. The minimum Gasteiger partial charge on any atom is -0.406 e. The molecular formula is C21H23F3N6O3. The number of amides is 1. The number of likely N-dealkylation sites (tertiary alicyclic amines) is 1. The van der Waals surface area contributed by atoms with Crippen molar-refractivity contribution < 1.29 is 27.8 Å². The lowest BCUT2D eigenvalue weighted by atomic mass is 9.89. The van der Waals surface area contributed by atoms with Gasteiger partial charge in [0.2, 0.25) is 5.95 Å². The Morgan fingerprint density at radius 3 is 2.73 bits per heavy atom. The summed E-state index contributed by atoms with van der Waals surface area (Å²) < 4.78 is 41.0. The van der Waals surface area contributed by atoms with Crippen LogP contribution >= 0.6 is 0 Å². The summed E-state index contributed by atoms with van der Waals surface area (Å²) in [4.78, 5) is 26.5. The van der Waals surface area contributed by atoms with Gasteiger partial charge in [-0.15, -0.1) is 13.2 Å². The summed E-state index contributed by atoms with van der Waals surface area (Å²) in [7, 11) is 0. The lowest BCUT2D eigenvalue weighted by Gasteiger charge is -2.32. The molecule has 3 heterocycles. The van der Waals surface area contributed by atoms with E-state index in [1.807, 2.05) is 6.07 Å². The number of piperidine rings is 1. The summed E-state index contributed by atoms with van der Waals surface area (Å²) in [6, 6.07) is 5.25. The third kappa shape index (κ3) is 5.11. The molecule has 4 rings (SSSR count). The number of ether oxygens (including phenoxy) is 1. The van der Waals surface area contributed by atoms with E-state index in [1.165, 1.54) is 6.07 Å². The number of carbonyl (C=O) groups excluding carboxylic acids is 1. The minimum atomic E-state index is -4.83. The summed E-state index contributed by atoms with van der Waals surface area (Å²) in [5, 5.41) is 12.0. The third-order valence-electron chi connectivity index (χ3n) is 5.53. The van der Waals surface area contributed by atoms with E-state index in [9.17, 15) is 18.0 Å². The summed E-state index contributed by atoms with van der Waals surface area (Å²) in [6.45, 7) is 1.27. The van der Waals surface area contributed by atoms with Crippen molar-refractivity contribution in [1.29, 1.82) is 0 Å². The van der Waals surface area contributed by atoms with Crippen molar-refractivity contribution >= 4 is 28.7 Å². The van der Waals surface area contributed by atoms with E-state index in [4.69, 9.17) is 10.8 Å². The monoisotopic (exact) mass is 464 g/mol. The van der Waals surface area contributed by atoms with Gasteiger partial charge in [-0.2, -0.15) is 0 Å². The molecular weight excluding hydrogens is 441 g/mol. The number of halogens is 3. The topological polar surface area (TPSA) is 129 Å². The Morgan fingerprint density at radius 2 is 2.06 bits per heavy atom. The zero-order valence-electron chi connectivity index (χ0n) is 17.5. The van der Waals surface area contributed by atoms with Crippen molar-refractivity contribution in [3.05, 3.63) is 41.6 Å². The molecule has 5 N–H and O–H groups in total. The van der Waals surface area contributed by atoms with Crippen LogP contribution in [0.3, 0.4) is 0 Å². The number of alkyl halides is 3. The zero-order valence-corrected chi connectivity index (χ0v) is 17.5. The van der Waals surface area contributed by atoms with Crippen LogP contribution in [0.2, 0.25) is 0 Å². The first-order chi connectivity index (χ1) is 15.7. The number of benzene rings is 1. The molecule has 0 saturated carbocycles. The maximum atomic E-state index is 12.9. The molecule has 1 aliphatic rings. The maximum absolute atomic E-state index is 12.9. The molecule has 0 spiro atoms. The number of aromatic nitrogens is 3. The van der Waals surface area contributed by atoms with Gasteiger partial charge >= 0.3 is 6.36 Å². The Morgan fingerprint density at radius 1 is 1.30 bits per heavy atom. The average Bonchev–Trinajstić information content (AvgIpc) is 3.19. The summed E-state index contributed by atoms with van der Waals surface area (Å²) >= 11 is 0. The quantitative estimate of drug-likeness (QED) is 0.413.